The predicted octanol–water partition coefficient (Wildman–Crippen LogP) is 2.53. The van der Waals surface area contributed by atoms with Crippen LogP contribution in [0.15, 0.2) is 23.6 Å². The Balaban J connectivity index is 1.49. The molecule has 2 aliphatic heterocycles. The highest BCUT2D eigenvalue weighted by atomic mass is 32.1. The molecule has 0 N–H and O–H groups in total. The number of likely N-dealkylation sites (tertiary alicyclic amines) is 1. The van der Waals surface area contributed by atoms with E-state index in [0.717, 1.165) is 43.9 Å². The van der Waals surface area contributed by atoms with Gasteiger partial charge < -0.3 is 14.5 Å². The fraction of sp³-hybridized carbons (Fsp3) is 0.579. The number of nitrogens with zero attached hydrogens (tertiary/aromatic N) is 3. The van der Waals surface area contributed by atoms with Crippen LogP contribution in [0.3, 0.4) is 0 Å². The number of hydrogen-bond donors (Lipinski definition) is 0. The molecule has 2 fully saturated rings. The summed E-state index contributed by atoms with van der Waals surface area (Å²) >= 11 is 1.63. The van der Waals surface area contributed by atoms with E-state index < -0.39 is 0 Å². The largest absolute Gasteiger partial charge is 0.450 e. The van der Waals surface area contributed by atoms with Gasteiger partial charge in [0.2, 0.25) is 5.91 Å². The summed E-state index contributed by atoms with van der Waals surface area (Å²) in [5, 5.41) is 2.01. The van der Waals surface area contributed by atoms with Crippen LogP contribution in [-0.2, 0) is 9.53 Å². The first-order chi connectivity index (χ1) is 12.7. The summed E-state index contributed by atoms with van der Waals surface area (Å²) in [6, 6.07) is 4.38. The van der Waals surface area contributed by atoms with Gasteiger partial charge in [-0.15, -0.1) is 11.3 Å². The van der Waals surface area contributed by atoms with E-state index >= 15 is 0 Å². The molecule has 3 rings (SSSR count). The summed E-state index contributed by atoms with van der Waals surface area (Å²) < 4.78 is 5.08. The maximum atomic E-state index is 12.5. The molecule has 26 heavy (non-hydrogen) atoms. The molecule has 142 valence electrons. The van der Waals surface area contributed by atoms with Crippen molar-refractivity contribution < 1.29 is 14.3 Å². The number of hydrogen-bond acceptors (Lipinski definition) is 5. The van der Waals surface area contributed by atoms with Gasteiger partial charge in [0.1, 0.15) is 0 Å². The first-order valence-electron chi connectivity index (χ1n) is 9.33. The van der Waals surface area contributed by atoms with Crippen molar-refractivity contribution >= 4 is 29.4 Å². The quantitative estimate of drug-likeness (QED) is 0.757. The second kappa shape index (κ2) is 9.19. The Morgan fingerprint density at radius 1 is 1.23 bits per heavy atom. The van der Waals surface area contributed by atoms with Gasteiger partial charge in [0.15, 0.2) is 0 Å². The van der Waals surface area contributed by atoms with Gasteiger partial charge >= 0.3 is 6.09 Å². The zero-order valence-corrected chi connectivity index (χ0v) is 16.1. The molecule has 6 nitrogen and oxygen atoms in total. The van der Waals surface area contributed by atoms with Crippen molar-refractivity contribution in [1.29, 1.82) is 0 Å². The van der Waals surface area contributed by atoms with Crippen LogP contribution in [0.1, 0.15) is 24.6 Å². The van der Waals surface area contributed by atoms with Crippen LogP contribution in [0.5, 0.6) is 0 Å². The molecular formula is C19H27N3O3S. The third-order valence-electron chi connectivity index (χ3n) is 5.00. The lowest BCUT2D eigenvalue weighted by molar-refractivity contribution is -0.128. The van der Waals surface area contributed by atoms with Crippen LogP contribution in [-0.4, -0.2) is 78.6 Å². The summed E-state index contributed by atoms with van der Waals surface area (Å²) in [5.41, 5.74) is 0. The Bertz CT molecular complexity index is 624. The topological polar surface area (TPSA) is 53.1 Å². The van der Waals surface area contributed by atoms with E-state index in [1.807, 2.05) is 35.4 Å². The molecule has 0 spiro atoms. The zero-order chi connectivity index (χ0) is 18.4. The normalized spacial score (nSPS) is 22.0. The van der Waals surface area contributed by atoms with Crippen molar-refractivity contribution in [1.82, 2.24) is 14.7 Å². The number of rotatable bonds is 4. The van der Waals surface area contributed by atoms with Gasteiger partial charge in [0.05, 0.1) is 6.61 Å². The molecule has 1 atom stereocenters. The van der Waals surface area contributed by atoms with E-state index in [1.165, 1.54) is 0 Å². The third-order valence-corrected chi connectivity index (χ3v) is 5.84. The minimum absolute atomic E-state index is 0.0910. The van der Waals surface area contributed by atoms with Gasteiger partial charge in [-0.1, -0.05) is 6.07 Å². The molecule has 0 unspecified atom stereocenters. The molecule has 1 aromatic rings. The van der Waals surface area contributed by atoms with Gasteiger partial charge in [-0.25, -0.2) is 4.79 Å². The molecule has 7 heteroatoms. The Morgan fingerprint density at radius 3 is 2.73 bits per heavy atom. The highest BCUT2D eigenvalue weighted by Crippen LogP contribution is 2.19. The molecule has 0 saturated carbocycles. The smallest absolute Gasteiger partial charge is 0.409 e. The lowest BCUT2D eigenvalue weighted by Gasteiger charge is -2.42. The second-order valence-electron chi connectivity index (χ2n) is 6.65. The maximum Gasteiger partial charge on any atom is 0.409 e. The molecular weight excluding hydrogens is 350 g/mol. The van der Waals surface area contributed by atoms with Crippen molar-refractivity contribution in [3.8, 4) is 0 Å². The monoisotopic (exact) mass is 377 g/mol. The van der Waals surface area contributed by atoms with Crippen molar-refractivity contribution in [2.75, 3.05) is 45.9 Å². The Labute approximate surface area is 159 Å². The van der Waals surface area contributed by atoms with E-state index in [1.54, 1.807) is 22.3 Å². The SMILES string of the molecule is CCOC(=O)N1CCN([C@H]2CCCN(C(=O)/C=C/c3cccs3)C2)CC1. The van der Waals surface area contributed by atoms with Crippen molar-refractivity contribution in [2.45, 2.75) is 25.8 Å². The van der Waals surface area contributed by atoms with Crippen LogP contribution in [0.2, 0.25) is 0 Å². The van der Waals surface area contributed by atoms with Crippen LogP contribution in [0.4, 0.5) is 4.79 Å². The fourth-order valence-electron chi connectivity index (χ4n) is 3.58. The molecule has 0 aromatic carbocycles. The van der Waals surface area contributed by atoms with Gasteiger partial charge in [-0.3, -0.25) is 9.69 Å². The zero-order valence-electron chi connectivity index (χ0n) is 15.3. The average molecular weight is 378 g/mol. The van der Waals surface area contributed by atoms with Crippen LogP contribution >= 0.6 is 11.3 Å². The standard InChI is InChI=1S/C19H27N3O3S/c1-2-25-19(24)21-12-10-20(11-13-21)16-5-3-9-22(15-16)18(23)8-7-17-6-4-14-26-17/h4,6-8,14,16H,2-3,5,9-13,15H2,1H3/b8-7+/t16-/m0/s1. The molecule has 1 aromatic heterocycles. The van der Waals surface area contributed by atoms with Crippen LogP contribution in [0, 0.1) is 0 Å². The summed E-state index contributed by atoms with van der Waals surface area (Å²) in [5.74, 6) is 0.0910. The molecule has 2 saturated heterocycles. The number of thiophene rings is 1. The number of amides is 2. The van der Waals surface area contributed by atoms with E-state index in [0.29, 0.717) is 25.7 Å². The number of carbonyl (C=O) groups is 2. The van der Waals surface area contributed by atoms with E-state index in [-0.39, 0.29) is 12.0 Å². The number of ether oxygens (including phenoxy) is 1. The Kier molecular flexibility index (Phi) is 6.68. The minimum Gasteiger partial charge on any atom is -0.450 e. The van der Waals surface area contributed by atoms with E-state index in [4.69, 9.17) is 4.74 Å². The first-order valence-corrected chi connectivity index (χ1v) is 10.2. The van der Waals surface area contributed by atoms with E-state index in [2.05, 4.69) is 4.90 Å². The van der Waals surface area contributed by atoms with Gasteiger partial charge in [-0.2, -0.15) is 0 Å². The summed E-state index contributed by atoms with van der Waals surface area (Å²) in [4.78, 5) is 31.5. The number of piperazine rings is 1. The van der Waals surface area contributed by atoms with Crippen molar-refractivity contribution in [3.05, 3.63) is 28.5 Å². The highest BCUT2D eigenvalue weighted by molar-refractivity contribution is 7.10. The number of carbonyl (C=O) groups excluding carboxylic acids is 2. The predicted molar refractivity (Wildman–Crippen MR) is 103 cm³/mol. The summed E-state index contributed by atoms with van der Waals surface area (Å²) in [6.07, 6.45) is 5.51. The fourth-order valence-corrected chi connectivity index (χ4v) is 4.20. The minimum atomic E-state index is -0.216. The van der Waals surface area contributed by atoms with Crippen LogP contribution in [0.25, 0.3) is 6.08 Å². The first kappa shape index (κ1) is 18.9. The third kappa shape index (κ3) is 4.86. The Morgan fingerprint density at radius 2 is 2.04 bits per heavy atom. The summed E-state index contributed by atoms with van der Waals surface area (Å²) in [7, 11) is 0. The molecule has 3 heterocycles. The number of piperidine rings is 1. The van der Waals surface area contributed by atoms with Crippen molar-refractivity contribution in [3.63, 3.8) is 0 Å². The lowest BCUT2D eigenvalue weighted by atomic mass is 10.0. The highest BCUT2D eigenvalue weighted by Gasteiger charge is 2.30. The molecule has 0 aliphatic carbocycles. The second-order valence-corrected chi connectivity index (χ2v) is 7.63. The molecule has 0 bridgehead atoms. The molecule has 0 radical (unpaired) electrons. The van der Waals surface area contributed by atoms with Gasteiger partial charge in [0, 0.05) is 56.3 Å². The maximum absolute atomic E-state index is 12.5. The summed E-state index contributed by atoms with van der Waals surface area (Å²) in [6.45, 7) is 6.92. The van der Waals surface area contributed by atoms with E-state index in [9.17, 15) is 9.59 Å². The van der Waals surface area contributed by atoms with Gasteiger partial charge in [-0.05, 0) is 37.3 Å². The average Bonchev–Trinajstić information content (AvgIpc) is 3.20. The van der Waals surface area contributed by atoms with Crippen LogP contribution < -0.4 is 0 Å². The lowest BCUT2D eigenvalue weighted by Crippen LogP contribution is -2.56. The molecule has 2 aliphatic rings. The Hall–Kier alpha value is -1.86. The van der Waals surface area contributed by atoms with Crippen molar-refractivity contribution in [2.24, 2.45) is 0 Å². The van der Waals surface area contributed by atoms with Gasteiger partial charge in [0.25, 0.3) is 0 Å². The molecule has 2 amide bonds.